The highest BCUT2D eigenvalue weighted by molar-refractivity contribution is 5.71. The molecule has 0 aliphatic heterocycles. The lowest BCUT2D eigenvalue weighted by molar-refractivity contribution is 0.0111. The molecule has 0 saturated heterocycles. The van der Waals surface area contributed by atoms with Crippen LogP contribution in [0.5, 0.6) is 0 Å². The molecule has 1 N–H and O–H groups in total. The van der Waals surface area contributed by atoms with Crippen molar-refractivity contribution in [2.75, 3.05) is 6.61 Å². The van der Waals surface area contributed by atoms with Crippen molar-refractivity contribution in [2.45, 2.75) is 105 Å². The van der Waals surface area contributed by atoms with Crippen LogP contribution >= 0.6 is 0 Å². The fourth-order valence-electron chi connectivity index (χ4n) is 4.30. The highest BCUT2D eigenvalue weighted by Gasteiger charge is 2.26. The molecule has 0 unspecified atom stereocenters. The zero-order valence-corrected chi connectivity index (χ0v) is 19.4. The van der Waals surface area contributed by atoms with Crippen LogP contribution in [0.15, 0.2) is 17.1 Å². The number of nitrogens with zero attached hydrogens (tertiary/aromatic N) is 2. The number of aromatic nitrogens is 3. The maximum Gasteiger partial charge on any atom is 0.327 e. The SMILES string of the molecule is CCCC(CCC)n1c(=O)[nH]c2cc(C)cnc21.CCOC1CCC(C)(C)CC1. The monoisotopic (exact) mass is 403 g/mol. The highest BCUT2D eigenvalue weighted by atomic mass is 16.5. The van der Waals surface area contributed by atoms with Crippen LogP contribution in [0.1, 0.15) is 97.6 Å². The minimum atomic E-state index is -0.0324. The van der Waals surface area contributed by atoms with Gasteiger partial charge < -0.3 is 9.72 Å². The van der Waals surface area contributed by atoms with E-state index in [9.17, 15) is 4.79 Å². The number of pyridine rings is 1. The van der Waals surface area contributed by atoms with Gasteiger partial charge in [-0.05, 0) is 69.4 Å². The Morgan fingerprint density at radius 1 is 1.21 bits per heavy atom. The van der Waals surface area contributed by atoms with Gasteiger partial charge in [0.15, 0.2) is 5.65 Å². The van der Waals surface area contributed by atoms with Crippen LogP contribution in [0, 0.1) is 12.3 Å². The molecule has 1 aliphatic rings. The molecule has 5 heteroatoms. The van der Waals surface area contributed by atoms with Crippen molar-refractivity contribution in [3.05, 3.63) is 28.3 Å². The van der Waals surface area contributed by atoms with Crippen LogP contribution in [0.25, 0.3) is 11.2 Å². The maximum atomic E-state index is 12.1. The molecule has 29 heavy (non-hydrogen) atoms. The second kappa shape index (κ2) is 11.0. The van der Waals surface area contributed by atoms with Gasteiger partial charge in [-0.1, -0.05) is 40.5 Å². The molecule has 164 valence electrons. The predicted molar refractivity (Wildman–Crippen MR) is 122 cm³/mol. The standard InChI is InChI=1S/C14H21N3O.C10H20O/c1-4-6-11(7-5-2)17-13-12(16-14(17)18)8-10(3)9-15-13;1-4-11-9-5-7-10(2,3)8-6-9/h8-9,11H,4-7H2,1-3H3,(H,16,18);9H,4-8H2,1-3H3. The van der Waals surface area contributed by atoms with Crippen LogP contribution in [0.4, 0.5) is 0 Å². The molecule has 2 aromatic heterocycles. The van der Waals surface area contributed by atoms with Gasteiger partial charge in [0.05, 0.1) is 11.6 Å². The Balaban J connectivity index is 0.000000234. The fourth-order valence-corrected chi connectivity index (χ4v) is 4.30. The maximum absolute atomic E-state index is 12.1. The fraction of sp³-hybridized carbons (Fsp3) is 0.750. The molecule has 1 aliphatic carbocycles. The summed E-state index contributed by atoms with van der Waals surface area (Å²) >= 11 is 0. The number of hydrogen-bond donors (Lipinski definition) is 1. The van der Waals surface area contributed by atoms with E-state index in [1.165, 1.54) is 25.7 Å². The van der Waals surface area contributed by atoms with Crippen LogP contribution in [0.3, 0.4) is 0 Å². The smallest absolute Gasteiger partial charge is 0.327 e. The third-order valence-electron chi connectivity index (χ3n) is 5.99. The lowest BCUT2D eigenvalue weighted by atomic mass is 9.76. The van der Waals surface area contributed by atoms with E-state index in [1.54, 1.807) is 0 Å². The average Bonchev–Trinajstić information content (AvgIpc) is 2.99. The van der Waals surface area contributed by atoms with Crippen molar-refractivity contribution in [3.8, 4) is 0 Å². The Hall–Kier alpha value is -1.62. The predicted octanol–water partition coefficient (Wildman–Crippen LogP) is 6.17. The molecule has 0 spiro atoms. The lowest BCUT2D eigenvalue weighted by Crippen LogP contribution is -2.26. The zero-order valence-electron chi connectivity index (χ0n) is 19.4. The van der Waals surface area contributed by atoms with Crippen molar-refractivity contribution in [1.29, 1.82) is 0 Å². The minimum Gasteiger partial charge on any atom is -0.379 e. The van der Waals surface area contributed by atoms with Crippen molar-refractivity contribution in [1.82, 2.24) is 14.5 Å². The van der Waals surface area contributed by atoms with Gasteiger partial charge in [-0.15, -0.1) is 0 Å². The summed E-state index contributed by atoms with van der Waals surface area (Å²) in [6.45, 7) is 14.0. The number of rotatable bonds is 7. The Labute approximate surface area is 176 Å². The summed E-state index contributed by atoms with van der Waals surface area (Å²) in [5.41, 5.74) is 3.25. The third-order valence-corrected chi connectivity index (χ3v) is 5.99. The highest BCUT2D eigenvalue weighted by Crippen LogP contribution is 2.36. The number of fused-ring (bicyclic) bond motifs is 1. The Morgan fingerprint density at radius 2 is 1.83 bits per heavy atom. The Morgan fingerprint density at radius 3 is 2.38 bits per heavy atom. The Bertz CT molecular complexity index is 790. The number of imidazole rings is 1. The third kappa shape index (κ3) is 6.70. The van der Waals surface area contributed by atoms with E-state index < -0.39 is 0 Å². The van der Waals surface area contributed by atoms with E-state index in [4.69, 9.17) is 4.74 Å². The number of hydrogen-bond acceptors (Lipinski definition) is 3. The van der Waals surface area contributed by atoms with E-state index >= 15 is 0 Å². The largest absolute Gasteiger partial charge is 0.379 e. The van der Waals surface area contributed by atoms with Gasteiger partial charge in [0.1, 0.15) is 0 Å². The number of nitrogens with one attached hydrogen (secondary N) is 1. The second-order valence-corrected chi connectivity index (χ2v) is 9.23. The summed E-state index contributed by atoms with van der Waals surface area (Å²) in [4.78, 5) is 19.4. The molecule has 1 fully saturated rings. The first-order valence-corrected chi connectivity index (χ1v) is 11.5. The van der Waals surface area contributed by atoms with Crippen molar-refractivity contribution in [2.24, 2.45) is 5.41 Å². The van der Waals surface area contributed by atoms with Gasteiger partial charge in [-0.25, -0.2) is 9.78 Å². The van der Waals surface area contributed by atoms with Crippen LogP contribution in [-0.4, -0.2) is 27.2 Å². The van der Waals surface area contributed by atoms with Gasteiger partial charge in [0.2, 0.25) is 0 Å². The van der Waals surface area contributed by atoms with Gasteiger partial charge in [-0.2, -0.15) is 0 Å². The lowest BCUT2D eigenvalue weighted by Gasteiger charge is -2.33. The zero-order chi connectivity index (χ0) is 21.4. The summed E-state index contributed by atoms with van der Waals surface area (Å²) in [7, 11) is 0. The first-order valence-electron chi connectivity index (χ1n) is 11.5. The van der Waals surface area contributed by atoms with Gasteiger partial charge in [0.25, 0.3) is 0 Å². The van der Waals surface area contributed by atoms with E-state index in [0.29, 0.717) is 11.5 Å². The summed E-state index contributed by atoms with van der Waals surface area (Å²) in [5, 5.41) is 0. The van der Waals surface area contributed by atoms with E-state index in [-0.39, 0.29) is 11.7 Å². The molecule has 2 heterocycles. The molecular weight excluding hydrogens is 362 g/mol. The van der Waals surface area contributed by atoms with E-state index in [2.05, 4.69) is 44.6 Å². The van der Waals surface area contributed by atoms with Crippen molar-refractivity contribution >= 4 is 11.2 Å². The average molecular weight is 404 g/mol. The van der Waals surface area contributed by atoms with Crippen molar-refractivity contribution < 1.29 is 4.74 Å². The molecule has 5 nitrogen and oxygen atoms in total. The van der Waals surface area contributed by atoms with Gasteiger partial charge in [-0.3, -0.25) is 4.57 Å². The number of ether oxygens (including phenoxy) is 1. The minimum absolute atomic E-state index is 0.0324. The quantitative estimate of drug-likeness (QED) is 0.601. The number of H-pyrrole nitrogens is 1. The molecular formula is C24H41N3O2. The molecule has 0 atom stereocenters. The number of aryl methyl sites for hydroxylation is 1. The molecule has 0 radical (unpaired) electrons. The summed E-state index contributed by atoms with van der Waals surface area (Å²) in [5.74, 6) is 0. The molecule has 0 aromatic carbocycles. The van der Waals surface area contributed by atoms with E-state index in [1.807, 2.05) is 23.8 Å². The first kappa shape index (κ1) is 23.7. The summed E-state index contributed by atoms with van der Waals surface area (Å²) in [6, 6.07) is 2.24. The normalized spacial score (nSPS) is 16.8. The molecule has 1 saturated carbocycles. The van der Waals surface area contributed by atoms with Crippen LogP contribution in [0.2, 0.25) is 0 Å². The molecule has 0 bridgehead atoms. The van der Waals surface area contributed by atoms with Crippen molar-refractivity contribution in [3.63, 3.8) is 0 Å². The van der Waals surface area contributed by atoms with Crippen LogP contribution in [-0.2, 0) is 4.74 Å². The number of aromatic amines is 1. The molecule has 0 amide bonds. The van der Waals surface area contributed by atoms with E-state index in [0.717, 1.165) is 49.0 Å². The second-order valence-electron chi connectivity index (χ2n) is 9.23. The Kier molecular flexibility index (Phi) is 8.94. The molecule has 2 aromatic rings. The summed E-state index contributed by atoms with van der Waals surface area (Å²) in [6.07, 6.45) is 11.8. The topological polar surface area (TPSA) is 59.9 Å². The first-order chi connectivity index (χ1) is 13.8. The summed E-state index contributed by atoms with van der Waals surface area (Å²) < 4.78 is 7.41. The van der Waals surface area contributed by atoms with Gasteiger partial charge in [0, 0.05) is 18.8 Å². The molecule has 3 rings (SSSR count). The van der Waals surface area contributed by atoms with Gasteiger partial charge >= 0.3 is 5.69 Å². The van der Waals surface area contributed by atoms with Crippen LogP contribution < -0.4 is 5.69 Å².